The first-order chi connectivity index (χ1) is 11.2. The number of aromatic nitrogens is 3. The summed E-state index contributed by atoms with van der Waals surface area (Å²) in [5, 5.41) is 15.9. The van der Waals surface area contributed by atoms with Gasteiger partial charge in [-0.15, -0.1) is 5.10 Å². The van der Waals surface area contributed by atoms with Crippen molar-refractivity contribution in [3.63, 3.8) is 0 Å². The van der Waals surface area contributed by atoms with Gasteiger partial charge in [-0.1, -0.05) is 0 Å². The van der Waals surface area contributed by atoms with Crippen LogP contribution in [0.2, 0.25) is 0 Å². The van der Waals surface area contributed by atoms with E-state index >= 15 is 0 Å². The highest BCUT2D eigenvalue weighted by molar-refractivity contribution is 7.99. The number of esters is 1. The number of carbonyl (C=O) groups is 1. The van der Waals surface area contributed by atoms with Gasteiger partial charge in [-0.2, -0.15) is 18.2 Å². The van der Waals surface area contributed by atoms with E-state index in [-0.39, 0.29) is 22.2 Å². The first kappa shape index (κ1) is 17.7. The van der Waals surface area contributed by atoms with E-state index in [4.69, 9.17) is 4.74 Å². The van der Waals surface area contributed by atoms with Crippen molar-refractivity contribution < 1.29 is 27.6 Å². The maximum absolute atomic E-state index is 12.5. The first-order valence-corrected chi connectivity index (χ1v) is 7.17. The van der Waals surface area contributed by atoms with Gasteiger partial charge in [0.05, 0.1) is 22.0 Å². The third kappa shape index (κ3) is 4.01. The maximum atomic E-state index is 12.5. The molecule has 24 heavy (non-hydrogen) atoms. The zero-order chi connectivity index (χ0) is 17.9. The fraction of sp³-hybridized carbons (Fsp3) is 0.250. The highest BCUT2D eigenvalue weighted by Crippen LogP contribution is 2.35. The largest absolute Gasteiger partial charge is 0.462 e. The standard InChI is InChI=1S/C12H9F3N4O4S/c1-2-23-9(20)6-3-4-8(7(5-6)19(21)22)24-11-16-10(17-18-11)12(13,14)15/h3-5H,2H2,1H3,(H,16,17,18). The zero-order valence-corrected chi connectivity index (χ0v) is 12.8. The Labute approximate surface area is 136 Å². The smallest absolute Gasteiger partial charge is 0.451 e. The molecule has 1 aromatic heterocycles. The minimum Gasteiger partial charge on any atom is -0.462 e. The van der Waals surface area contributed by atoms with Gasteiger partial charge in [-0.05, 0) is 30.8 Å². The SMILES string of the molecule is CCOC(=O)c1ccc(Sc2n[nH]c(C(F)(F)F)n2)c([N+](=O)[O-])c1. The van der Waals surface area contributed by atoms with E-state index in [1.807, 2.05) is 0 Å². The van der Waals surface area contributed by atoms with Crippen LogP contribution in [-0.4, -0.2) is 32.7 Å². The van der Waals surface area contributed by atoms with Crippen molar-refractivity contribution >= 4 is 23.4 Å². The lowest BCUT2D eigenvalue weighted by Crippen LogP contribution is -2.07. The van der Waals surface area contributed by atoms with Crippen LogP contribution in [0.1, 0.15) is 23.1 Å². The molecular weight excluding hydrogens is 353 g/mol. The summed E-state index contributed by atoms with van der Waals surface area (Å²) in [5.74, 6) is -2.05. The van der Waals surface area contributed by atoms with Gasteiger partial charge >= 0.3 is 12.1 Å². The summed E-state index contributed by atoms with van der Waals surface area (Å²) >= 11 is 0.566. The molecule has 0 aliphatic rings. The number of H-pyrrole nitrogens is 1. The lowest BCUT2D eigenvalue weighted by atomic mass is 10.2. The van der Waals surface area contributed by atoms with E-state index in [0.717, 1.165) is 6.07 Å². The molecule has 8 nitrogen and oxygen atoms in total. The molecule has 2 aromatic rings. The van der Waals surface area contributed by atoms with Crippen LogP contribution in [0.4, 0.5) is 18.9 Å². The quantitative estimate of drug-likeness (QED) is 0.494. The lowest BCUT2D eigenvalue weighted by molar-refractivity contribution is -0.387. The summed E-state index contributed by atoms with van der Waals surface area (Å²) in [6, 6.07) is 3.47. The molecule has 0 spiro atoms. The van der Waals surface area contributed by atoms with E-state index in [9.17, 15) is 28.1 Å². The minimum absolute atomic E-state index is 0.0132. The van der Waals surface area contributed by atoms with Crippen LogP contribution in [0, 0.1) is 10.1 Å². The van der Waals surface area contributed by atoms with Crippen molar-refractivity contribution in [2.45, 2.75) is 23.2 Å². The maximum Gasteiger partial charge on any atom is 0.451 e. The van der Waals surface area contributed by atoms with Crippen LogP contribution < -0.4 is 0 Å². The predicted octanol–water partition coefficient (Wildman–Crippen LogP) is 3.06. The number of nitro benzene ring substituents is 1. The van der Waals surface area contributed by atoms with Crippen molar-refractivity contribution in [2.75, 3.05) is 6.61 Å². The lowest BCUT2D eigenvalue weighted by Gasteiger charge is -2.04. The van der Waals surface area contributed by atoms with Crippen molar-refractivity contribution in [1.29, 1.82) is 0 Å². The number of rotatable bonds is 5. The molecule has 1 N–H and O–H groups in total. The van der Waals surface area contributed by atoms with Crippen molar-refractivity contribution in [3.05, 3.63) is 39.7 Å². The van der Waals surface area contributed by atoms with E-state index in [0.29, 0.717) is 11.8 Å². The van der Waals surface area contributed by atoms with Gasteiger partial charge in [0.15, 0.2) is 0 Å². The minimum atomic E-state index is -4.70. The highest BCUT2D eigenvalue weighted by Gasteiger charge is 2.35. The van der Waals surface area contributed by atoms with Crippen LogP contribution in [-0.2, 0) is 10.9 Å². The fourth-order valence-electron chi connectivity index (χ4n) is 1.60. The second kappa shape index (κ2) is 6.86. The van der Waals surface area contributed by atoms with Gasteiger partial charge in [-0.3, -0.25) is 15.2 Å². The number of ether oxygens (including phenoxy) is 1. The Morgan fingerprint density at radius 3 is 2.71 bits per heavy atom. The number of aromatic amines is 1. The zero-order valence-electron chi connectivity index (χ0n) is 12.0. The van der Waals surface area contributed by atoms with Crippen LogP contribution in [0.25, 0.3) is 0 Å². The number of halogens is 3. The molecule has 1 aromatic carbocycles. The Hall–Kier alpha value is -2.63. The van der Waals surface area contributed by atoms with Crippen LogP contribution in [0.3, 0.4) is 0 Å². The molecule has 0 amide bonds. The highest BCUT2D eigenvalue weighted by atomic mass is 32.2. The molecule has 0 bridgehead atoms. The summed E-state index contributed by atoms with van der Waals surface area (Å²) in [4.78, 5) is 25.2. The monoisotopic (exact) mass is 362 g/mol. The summed E-state index contributed by atoms with van der Waals surface area (Å²) in [6.07, 6.45) is -4.70. The first-order valence-electron chi connectivity index (χ1n) is 6.35. The molecule has 0 unspecified atom stereocenters. The predicted molar refractivity (Wildman–Crippen MR) is 74.6 cm³/mol. The Balaban J connectivity index is 2.31. The van der Waals surface area contributed by atoms with E-state index < -0.39 is 28.6 Å². The number of nitrogens with zero attached hydrogens (tertiary/aromatic N) is 3. The molecule has 0 saturated heterocycles. The molecule has 12 heteroatoms. The average molecular weight is 362 g/mol. The molecule has 2 rings (SSSR count). The number of nitrogens with one attached hydrogen (secondary N) is 1. The van der Waals surface area contributed by atoms with Crippen molar-refractivity contribution in [1.82, 2.24) is 15.2 Å². The summed E-state index contributed by atoms with van der Waals surface area (Å²) in [6.45, 7) is 1.68. The summed E-state index contributed by atoms with van der Waals surface area (Å²) < 4.78 is 42.1. The number of hydrogen-bond acceptors (Lipinski definition) is 7. The molecule has 0 fully saturated rings. The normalized spacial score (nSPS) is 11.3. The number of alkyl halides is 3. The molecule has 0 radical (unpaired) electrons. The van der Waals surface area contributed by atoms with Gasteiger partial charge in [0.25, 0.3) is 5.69 Å². The van der Waals surface area contributed by atoms with Gasteiger partial charge in [0, 0.05) is 6.07 Å². The van der Waals surface area contributed by atoms with Gasteiger partial charge in [0.2, 0.25) is 11.0 Å². The van der Waals surface area contributed by atoms with Crippen LogP contribution >= 0.6 is 11.8 Å². The van der Waals surface area contributed by atoms with Crippen LogP contribution in [0.15, 0.2) is 28.3 Å². The molecule has 0 saturated carbocycles. The molecular formula is C12H9F3N4O4S. The molecule has 0 aliphatic carbocycles. The molecule has 128 valence electrons. The van der Waals surface area contributed by atoms with Crippen molar-refractivity contribution in [2.24, 2.45) is 0 Å². The van der Waals surface area contributed by atoms with E-state index in [2.05, 4.69) is 10.1 Å². The third-order valence-corrected chi connectivity index (χ3v) is 3.53. The summed E-state index contributed by atoms with van der Waals surface area (Å²) in [7, 11) is 0. The van der Waals surface area contributed by atoms with Crippen molar-refractivity contribution in [3.8, 4) is 0 Å². The Kier molecular flexibility index (Phi) is 5.07. The number of nitro groups is 1. The molecule has 1 heterocycles. The van der Waals surface area contributed by atoms with E-state index in [1.165, 1.54) is 12.1 Å². The second-order valence-electron chi connectivity index (χ2n) is 4.23. The molecule has 0 atom stereocenters. The number of hydrogen-bond donors (Lipinski definition) is 1. The Morgan fingerprint density at radius 2 is 2.17 bits per heavy atom. The van der Waals surface area contributed by atoms with Gasteiger partial charge in [0.1, 0.15) is 0 Å². The van der Waals surface area contributed by atoms with Gasteiger partial charge in [-0.25, -0.2) is 4.79 Å². The van der Waals surface area contributed by atoms with E-state index in [1.54, 1.807) is 12.0 Å². The topological polar surface area (TPSA) is 111 Å². The number of benzene rings is 1. The number of carbonyl (C=O) groups excluding carboxylic acids is 1. The average Bonchev–Trinajstić information content (AvgIpc) is 2.96. The summed E-state index contributed by atoms with van der Waals surface area (Å²) in [5.41, 5.74) is -0.511. The van der Waals surface area contributed by atoms with Crippen LogP contribution in [0.5, 0.6) is 0 Å². The van der Waals surface area contributed by atoms with Gasteiger partial charge < -0.3 is 4.74 Å². The second-order valence-corrected chi connectivity index (χ2v) is 5.24. The Bertz CT molecular complexity index is 778. The molecule has 0 aliphatic heterocycles. The third-order valence-electron chi connectivity index (χ3n) is 2.60. The fourth-order valence-corrected chi connectivity index (χ4v) is 2.40. The Morgan fingerprint density at radius 1 is 1.46 bits per heavy atom.